The molecule has 1 fully saturated rings. The van der Waals surface area contributed by atoms with Crippen molar-refractivity contribution >= 4 is 34.4 Å². The summed E-state index contributed by atoms with van der Waals surface area (Å²) < 4.78 is 13.3. The molecule has 158 valence electrons. The predicted molar refractivity (Wildman–Crippen MR) is 117 cm³/mol. The van der Waals surface area contributed by atoms with Crippen molar-refractivity contribution in [3.63, 3.8) is 0 Å². The highest BCUT2D eigenvalue weighted by atomic mass is 19.1. The molecule has 3 aromatic rings. The maximum atomic E-state index is 13.3. The van der Waals surface area contributed by atoms with E-state index >= 15 is 0 Å². The highest BCUT2D eigenvalue weighted by Gasteiger charge is 2.25. The third kappa shape index (κ3) is 4.85. The lowest BCUT2D eigenvalue weighted by Crippen LogP contribution is -2.45. The van der Waals surface area contributed by atoms with E-state index < -0.39 is 0 Å². The minimum atomic E-state index is -0.325. The van der Waals surface area contributed by atoms with Crippen LogP contribution in [0.15, 0.2) is 61.3 Å². The van der Waals surface area contributed by atoms with Gasteiger partial charge in [-0.15, -0.1) is 0 Å². The van der Waals surface area contributed by atoms with E-state index in [9.17, 15) is 14.0 Å². The van der Waals surface area contributed by atoms with Crippen molar-refractivity contribution in [2.24, 2.45) is 0 Å². The van der Waals surface area contributed by atoms with E-state index in [2.05, 4.69) is 27.2 Å². The fourth-order valence-electron chi connectivity index (χ4n) is 3.61. The van der Waals surface area contributed by atoms with Gasteiger partial charge in [-0.2, -0.15) is 0 Å². The summed E-state index contributed by atoms with van der Waals surface area (Å²) in [5.74, 6) is -0.233. The van der Waals surface area contributed by atoms with Crippen LogP contribution >= 0.6 is 0 Å². The van der Waals surface area contributed by atoms with Gasteiger partial charge in [-0.25, -0.2) is 14.4 Å². The molecule has 0 saturated carbocycles. The average Bonchev–Trinajstić information content (AvgIpc) is 2.79. The number of likely N-dealkylation sites (tertiary alicyclic amines) is 1. The lowest BCUT2D eigenvalue weighted by Gasteiger charge is -2.33. The monoisotopic (exact) mass is 419 g/mol. The Hall–Kier alpha value is -3.81. The topological polar surface area (TPSA) is 87.2 Å². The third-order valence-corrected chi connectivity index (χ3v) is 5.17. The third-order valence-electron chi connectivity index (χ3n) is 5.17. The molecule has 7 nitrogen and oxygen atoms in total. The summed E-state index contributed by atoms with van der Waals surface area (Å²) in [6.45, 7) is 4.61. The van der Waals surface area contributed by atoms with Gasteiger partial charge in [0, 0.05) is 42.0 Å². The molecule has 1 aliphatic rings. The Morgan fingerprint density at radius 2 is 2.00 bits per heavy atom. The number of anilines is 2. The van der Waals surface area contributed by atoms with Gasteiger partial charge < -0.3 is 15.5 Å². The SMILES string of the molecule is C=CC(=O)Nc1ccc(C(=O)N2CCC[C@H](Nc3ncc4cc(F)ccc4n3)C2)cc1. The number of rotatable bonds is 5. The summed E-state index contributed by atoms with van der Waals surface area (Å²) in [6.07, 6.45) is 4.53. The summed E-state index contributed by atoms with van der Waals surface area (Å²) in [6, 6.07) is 11.2. The first-order valence-electron chi connectivity index (χ1n) is 10.0. The molecule has 1 saturated heterocycles. The Morgan fingerprint density at radius 1 is 1.19 bits per heavy atom. The van der Waals surface area contributed by atoms with Crippen molar-refractivity contribution in [1.82, 2.24) is 14.9 Å². The Balaban J connectivity index is 1.41. The van der Waals surface area contributed by atoms with Gasteiger partial charge in [-0.05, 0) is 61.4 Å². The van der Waals surface area contributed by atoms with Crippen molar-refractivity contribution in [3.8, 4) is 0 Å². The number of hydrogen-bond donors (Lipinski definition) is 2. The van der Waals surface area contributed by atoms with Crippen LogP contribution in [-0.2, 0) is 4.79 Å². The smallest absolute Gasteiger partial charge is 0.253 e. The van der Waals surface area contributed by atoms with Crippen LogP contribution in [0.25, 0.3) is 10.9 Å². The van der Waals surface area contributed by atoms with E-state index in [0.717, 1.165) is 12.8 Å². The summed E-state index contributed by atoms with van der Waals surface area (Å²) in [4.78, 5) is 34.8. The molecule has 0 spiro atoms. The number of nitrogens with one attached hydrogen (secondary N) is 2. The van der Waals surface area contributed by atoms with Crippen molar-refractivity contribution in [1.29, 1.82) is 0 Å². The van der Waals surface area contributed by atoms with Crippen LogP contribution in [0.2, 0.25) is 0 Å². The molecule has 2 N–H and O–H groups in total. The minimum absolute atomic E-state index is 0.0155. The van der Waals surface area contributed by atoms with Gasteiger partial charge >= 0.3 is 0 Å². The second-order valence-corrected chi connectivity index (χ2v) is 7.40. The number of amides is 2. The second-order valence-electron chi connectivity index (χ2n) is 7.40. The molecule has 0 unspecified atom stereocenters. The number of nitrogens with zero attached hydrogens (tertiary/aromatic N) is 3. The summed E-state index contributed by atoms with van der Waals surface area (Å²) >= 11 is 0. The molecule has 0 bridgehead atoms. The number of piperidine rings is 1. The van der Waals surface area contributed by atoms with E-state index in [1.54, 1.807) is 41.4 Å². The molecule has 31 heavy (non-hydrogen) atoms. The Labute approximate surface area is 179 Å². The first kappa shape index (κ1) is 20.5. The Bertz CT molecular complexity index is 1130. The largest absolute Gasteiger partial charge is 0.350 e. The highest BCUT2D eigenvalue weighted by Crippen LogP contribution is 2.19. The van der Waals surface area contributed by atoms with Gasteiger partial charge in [-0.3, -0.25) is 9.59 Å². The zero-order valence-corrected chi connectivity index (χ0v) is 16.8. The zero-order chi connectivity index (χ0) is 21.8. The van der Waals surface area contributed by atoms with Crippen LogP contribution < -0.4 is 10.6 Å². The molecule has 0 radical (unpaired) electrons. The number of carbonyl (C=O) groups excluding carboxylic acids is 2. The normalized spacial score (nSPS) is 16.0. The van der Waals surface area contributed by atoms with E-state index in [0.29, 0.717) is 41.2 Å². The molecule has 2 aromatic carbocycles. The summed E-state index contributed by atoms with van der Waals surface area (Å²) in [7, 11) is 0. The van der Waals surface area contributed by atoms with Crippen LogP contribution in [0.5, 0.6) is 0 Å². The highest BCUT2D eigenvalue weighted by molar-refractivity contribution is 5.99. The molecular formula is C23H22FN5O2. The standard InChI is InChI=1S/C23H22FN5O2/c1-2-21(30)26-18-8-5-15(6-9-18)22(31)29-11-3-4-19(14-29)27-23-25-13-16-12-17(24)7-10-20(16)28-23/h2,5-10,12-13,19H,1,3-4,11,14H2,(H,26,30)(H,25,27,28)/t19-/m0/s1. The number of halogens is 1. The van der Waals surface area contributed by atoms with Gasteiger partial charge in [0.05, 0.1) is 5.52 Å². The predicted octanol–water partition coefficient (Wildman–Crippen LogP) is 3.61. The molecule has 1 aromatic heterocycles. The maximum Gasteiger partial charge on any atom is 0.253 e. The molecular weight excluding hydrogens is 397 g/mol. The van der Waals surface area contributed by atoms with E-state index in [-0.39, 0.29) is 23.7 Å². The van der Waals surface area contributed by atoms with Crippen LogP contribution in [0.1, 0.15) is 23.2 Å². The average molecular weight is 419 g/mol. The minimum Gasteiger partial charge on any atom is -0.350 e. The lowest BCUT2D eigenvalue weighted by molar-refractivity contribution is -0.111. The summed E-state index contributed by atoms with van der Waals surface area (Å²) in [5.41, 5.74) is 1.82. The van der Waals surface area contributed by atoms with Crippen LogP contribution in [0.3, 0.4) is 0 Å². The molecule has 1 atom stereocenters. The Kier molecular flexibility index (Phi) is 5.88. The molecule has 1 aliphatic heterocycles. The van der Waals surface area contributed by atoms with E-state index in [1.165, 1.54) is 18.2 Å². The van der Waals surface area contributed by atoms with Crippen LogP contribution in [0, 0.1) is 5.82 Å². The van der Waals surface area contributed by atoms with Gasteiger partial charge in [0.2, 0.25) is 11.9 Å². The van der Waals surface area contributed by atoms with Crippen molar-refractivity contribution in [2.45, 2.75) is 18.9 Å². The summed E-state index contributed by atoms with van der Waals surface area (Å²) in [5, 5.41) is 6.59. The number of fused-ring (bicyclic) bond motifs is 1. The number of aromatic nitrogens is 2. The first-order chi connectivity index (χ1) is 15.0. The van der Waals surface area contributed by atoms with Gasteiger partial charge in [-0.1, -0.05) is 6.58 Å². The lowest BCUT2D eigenvalue weighted by atomic mass is 10.0. The van der Waals surface area contributed by atoms with E-state index in [4.69, 9.17) is 0 Å². The Morgan fingerprint density at radius 3 is 2.77 bits per heavy atom. The molecule has 4 rings (SSSR count). The first-order valence-corrected chi connectivity index (χ1v) is 10.0. The van der Waals surface area contributed by atoms with Crippen molar-refractivity contribution in [3.05, 3.63) is 72.7 Å². The quantitative estimate of drug-likeness (QED) is 0.617. The molecule has 0 aliphatic carbocycles. The van der Waals surface area contributed by atoms with Crippen LogP contribution in [0.4, 0.5) is 16.0 Å². The van der Waals surface area contributed by atoms with Gasteiger partial charge in [0.25, 0.3) is 5.91 Å². The number of carbonyl (C=O) groups is 2. The number of hydrogen-bond acceptors (Lipinski definition) is 5. The van der Waals surface area contributed by atoms with Gasteiger partial charge in [0.1, 0.15) is 5.82 Å². The fraction of sp³-hybridized carbons (Fsp3) is 0.217. The maximum absolute atomic E-state index is 13.3. The van der Waals surface area contributed by atoms with Crippen molar-refractivity contribution < 1.29 is 14.0 Å². The molecule has 2 amide bonds. The van der Waals surface area contributed by atoms with Crippen molar-refractivity contribution in [2.75, 3.05) is 23.7 Å². The van der Waals surface area contributed by atoms with E-state index in [1.807, 2.05) is 0 Å². The fourth-order valence-corrected chi connectivity index (χ4v) is 3.61. The van der Waals surface area contributed by atoms with Crippen LogP contribution in [-0.4, -0.2) is 45.8 Å². The second kappa shape index (κ2) is 8.91. The zero-order valence-electron chi connectivity index (χ0n) is 16.8. The molecule has 8 heteroatoms. The number of benzene rings is 2. The van der Waals surface area contributed by atoms with Gasteiger partial charge in [0.15, 0.2) is 0 Å². The molecule has 2 heterocycles.